The van der Waals surface area contributed by atoms with Gasteiger partial charge in [0.15, 0.2) is 0 Å². The van der Waals surface area contributed by atoms with Gasteiger partial charge in [-0.1, -0.05) is 19.8 Å². The van der Waals surface area contributed by atoms with Crippen LogP contribution in [0.2, 0.25) is 0 Å². The second-order valence-corrected chi connectivity index (χ2v) is 4.88. The Labute approximate surface area is 126 Å². The molecule has 1 aromatic carbocycles. The molecule has 0 saturated carbocycles. The molecule has 116 valence electrons. The highest BCUT2D eigenvalue weighted by atomic mass is 19.1. The summed E-state index contributed by atoms with van der Waals surface area (Å²) in [4.78, 5) is 31.4. The minimum absolute atomic E-state index is 0.0224. The molecule has 0 fully saturated rings. The van der Waals surface area contributed by atoms with Gasteiger partial charge in [0.25, 0.3) is 5.91 Å². The number of hydrogen-bond acceptors (Lipinski definition) is 4. The number of nitrogens with zero attached hydrogens (tertiary/aromatic N) is 2. The van der Waals surface area contributed by atoms with Crippen LogP contribution in [0, 0.1) is 5.82 Å². The Bertz CT molecular complexity index is 705. The molecular weight excluding hydrogens is 289 g/mol. The number of carbonyl (C=O) groups excluding carboxylic acids is 1. The first-order chi connectivity index (χ1) is 10.5. The number of hydrogen-bond donors (Lipinski definition) is 2. The largest absolute Gasteiger partial charge is 0.480 e. The van der Waals surface area contributed by atoms with E-state index < -0.39 is 23.7 Å². The number of carbonyl (C=O) groups is 2. The lowest BCUT2D eigenvalue weighted by molar-refractivity contribution is -0.139. The first-order valence-corrected chi connectivity index (χ1v) is 6.97. The lowest BCUT2D eigenvalue weighted by Crippen LogP contribution is -2.40. The highest BCUT2D eigenvalue weighted by Gasteiger charge is 2.22. The number of carboxylic acids is 1. The number of fused-ring (bicyclic) bond motifs is 1. The molecular formula is C15H16FN3O3. The van der Waals surface area contributed by atoms with Crippen LogP contribution in [0.15, 0.2) is 24.5 Å². The molecule has 1 unspecified atom stereocenters. The van der Waals surface area contributed by atoms with Crippen LogP contribution in [-0.2, 0) is 4.79 Å². The van der Waals surface area contributed by atoms with Crippen molar-refractivity contribution in [1.82, 2.24) is 15.3 Å². The summed E-state index contributed by atoms with van der Waals surface area (Å²) >= 11 is 0. The summed E-state index contributed by atoms with van der Waals surface area (Å²) in [6.45, 7) is 1.93. The van der Waals surface area contributed by atoms with Crippen molar-refractivity contribution in [3.63, 3.8) is 0 Å². The maximum Gasteiger partial charge on any atom is 0.326 e. The lowest BCUT2D eigenvalue weighted by atomic mass is 10.1. The number of nitrogens with one attached hydrogen (secondary N) is 1. The third-order valence-electron chi connectivity index (χ3n) is 3.23. The molecule has 2 rings (SSSR count). The lowest BCUT2D eigenvalue weighted by Gasteiger charge is -2.14. The zero-order valence-electron chi connectivity index (χ0n) is 12.0. The molecule has 0 aliphatic heterocycles. The summed E-state index contributed by atoms with van der Waals surface area (Å²) < 4.78 is 13.6. The van der Waals surface area contributed by atoms with Crippen LogP contribution in [0.3, 0.4) is 0 Å². The summed E-state index contributed by atoms with van der Waals surface area (Å²) in [6.07, 6.45) is 4.58. The maximum absolute atomic E-state index is 13.6. The zero-order chi connectivity index (χ0) is 16.1. The van der Waals surface area contributed by atoms with Crippen LogP contribution in [0.1, 0.15) is 36.5 Å². The number of amides is 1. The molecule has 0 aliphatic carbocycles. The van der Waals surface area contributed by atoms with Gasteiger partial charge in [0.05, 0.1) is 11.1 Å². The van der Waals surface area contributed by atoms with Crippen LogP contribution in [0.4, 0.5) is 4.39 Å². The van der Waals surface area contributed by atoms with Crippen LogP contribution >= 0.6 is 0 Å². The van der Waals surface area contributed by atoms with Gasteiger partial charge >= 0.3 is 5.97 Å². The van der Waals surface area contributed by atoms with Crippen LogP contribution in [0.5, 0.6) is 0 Å². The fraction of sp³-hybridized carbons (Fsp3) is 0.333. The van der Waals surface area contributed by atoms with E-state index >= 15 is 0 Å². The average Bonchev–Trinajstić information content (AvgIpc) is 2.49. The number of rotatable bonds is 6. The van der Waals surface area contributed by atoms with Crippen molar-refractivity contribution in [3.8, 4) is 0 Å². The van der Waals surface area contributed by atoms with E-state index in [0.29, 0.717) is 12.8 Å². The Morgan fingerprint density at radius 3 is 2.73 bits per heavy atom. The fourth-order valence-corrected chi connectivity index (χ4v) is 2.12. The summed E-state index contributed by atoms with van der Waals surface area (Å²) in [7, 11) is 0. The van der Waals surface area contributed by atoms with Gasteiger partial charge in [-0.2, -0.15) is 0 Å². The molecule has 2 N–H and O–H groups in total. The van der Waals surface area contributed by atoms with E-state index in [4.69, 9.17) is 5.11 Å². The van der Waals surface area contributed by atoms with Crippen molar-refractivity contribution in [1.29, 1.82) is 0 Å². The smallest absolute Gasteiger partial charge is 0.326 e. The Morgan fingerprint density at radius 1 is 1.32 bits per heavy atom. The van der Waals surface area contributed by atoms with Gasteiger partial charge in [-0.3, -0.25) is 14.8 Å². The molecule has 1 amide bonds. The number of aromatic nitrogens is 2. The van der Waals surface area contributed by atoms with Crippen molar-refractivity contribution in [2.75, 3.05) is 0 Å². The molecule has 7 heteroatoms. The molecule has 2 aromatic rings. The molecule has 0 radical (unpaired) electrons. The van der Waals surface area contributed by atoms with E-state index in [9.17, 15) is 14.0 Å². The predicted molar refractivity (Wildman–Crippen MR) is 77.9 cm³/mol. The van der Waals surface area contributed by atoms with E-state index in [0.717, 1.165) is 12.5 Å². The highest BCUT2D eigenvalue weighted by Crippen LogP contribution is 2.17. The van der Waals surface area contributed by atoms with Gasteiger partial charge in [-0.15, -0.1) is 0 Å². The quantitative estimate of drug-likeness (QED) is 0.853. The summed E-state index contributed by atoms with van der Waals surface area (Å²) in [5, 5.41) is 11.6. The minimum atomic E-state index is -1.12. The second kappa shape index (κ2) is 6.93. The van der Waals surface area contributed by atoms with E-state index in [-0.39, 0.29) is 16.6 Å². The molecule has 0 saturated heterocycles. The topological polar surface area (TPSA) is 92.2 Å². The van der Waals surface area contributed by atoms with Crippen molar-refractivity contribution < 1.29 is 19.1 Å². The molecule has 22 heavy (non-hydrogen) atoms. The predicted octanol–water partition coefficient (Wildman–Crippen LogP) is 2.14. The summed E-state index contributed by atoms with van der Waals surface area (Å²) in [6, 6.07) is 1.19. The Balaban J connectivity index is 2.30. The van der Waals surface area contributed by atoms with E-state index in [1.165, 1.54) is 18.5 Å². The third kappa shape index (κ3) is 3.55. The zero-order valence-corrected chi connectivity index (χ0v) is 12.0. The summed E-state index contributed by atoms with van der Waals surface area (Å²) in [5.74, 6) is -2.42. The minimum Gasteiger partial charge on any atom is -0.480 e. The van der Waals surface area contributed by atoms with Crippen molar-refractivity contribution in [2.24, 2.45) is 0 Å². The Kier molecular flexibility index (Phi) is 4.98. The molecule has 1 atom stereocenters. The van der Waals surface area contributed by atoms with E-state index in [1.807, 2.05) is 6.92 Å². The molecule has 1 aromatic heterocycles. The van der Waals surface area contributed by atoms with Gasteiger partial charge in [-0.25, -0.2) is 9.18 Å². The monoisotopic (exact) mass is 305 g/mol. The van der Waals surface area contributed by atoms with Crippen LogP contribution < -0.4 is 5.32 Å². The van der Waals surface area contributed by atoms with Crippen molar-refractivity contribution in [3.05, 3.63) is 35.9 Å². The summed E-state index contributed by atoms with van der Waals surface area (Å²) in [5.41, 5.74) is 0.458. The van der Waals surface area contributed by atoms with E-state index in [2.05, 4.69) is 15.3 Å². The number of benzene rings is 1. The second-order valence-electron chi connectivity index (χ2n) is 4.88. The van der Waals surface area contributed by atoms with Gasteiger partial charge in [0, 0.05) is 18.5 Å². The molecule has 0 aliphatic rings. The van der Waals surface area contributed by atoms with Gasteiger partial charge in [0.1, 0.15) is 17.4 Å². The number of carboxylic acid groups (broad SMARTS) is 1. The number of halogens is 1. The Morgan fingerprint density at radius 2 is 2.05 bits per heavy atom. The maximum atomic E-state index is 13.6. The van der Waals surface area contributed by atoms with Crippen LogP contribution in [0.25, 0.3) is 11.0 Å². The van der Waals surface area contributed by atoms with Gasteiger partial charge < -0.3 is 10.4 Å². The molecule has 6 nitrogen and oxygen atoms in total. The highest BCUT2D eigenvalue weighted by molar-refractivity contribution is 6.05. The van der Waals surface area contributed by atoms with Crippen molar-refractivity contribution in [2.45, 2.75) is 32.2 Å². The average molecular weight is 305 g/mol. The number of aliphatic carboxylic acids is 1. The first kappa shape index (κ1) is 15.8. The number of unbranched alkanes of at least 4 members (excludes halogenated alkanes) is 1. The third-order valence-corrected chi connectivity index (χ3v) is 3.23. The standard InChI is InChI=1S/C15H16FN3O3/c1-2-3-4-11(15(21)22)19-14(20)10-7-9(16)8-12-13(10)18-6-5-17-12/h5-8,11H,2-4H2,1H3,(H,19,20)(H,21,22). The first-order valence-electron chi connectivity index (χ1n) is 6.97. The van der Waals surface area contributed by atoms with Gasteiger partial charge in [0.2, 0.25) is 0 Å². The molecule has 0 spiro atoms. The van der Waals surface area contributed by atoms with Gasteiger partial charge in [-0.05, 0) is 12.5 Å². The Hall–Kier alpha value is -2.57. The van der Waals surface area contributed by atoms with Crippen molar-refractivity contribution >= 4 is 22.9 Å². The molecule has 0 bridgehead atoms. The van der Waals surface area contributed by atoms with Crippen LogP contribution in [-0.4, -0.2) is 33.0 Å². The SMILES string of the molecule is CCCCC(NC(=O)c1cc(F)cc2nccnc12)C(=O)O. The molecule has 1 heterocycles. The van der Waals surface area contributed by atoms with E-state index in [1.54, 1.807) is 0 Å². The fourth-order valence-electron chi connectivity index (χ4n) is 2.12. The normalized spacial score (nSPS) is 12.1.